The van der Waals surface area contributed by atoms with Crippen LogP contribution >= 0.6 is 11.8 Å². The number of nitrogens with zero attached hydrogens (tertiary/aromatic N) is 1. The lowest BCUT2D eigenvalue weighted by atomic mass is 10.1. The highest BCUT2D eigenvalue weighted by Crippen LogP contribution is 2.46. The Balaban J connectivity index is 1.67. The number of methoxy groups -OCH3 is 1. The van der Waals surface area contributed by atoms with Crippen molar-refractivity contribution in [2.24, 2.45) is 0 Å². The van der Waals surface area contributed by atoms with Gasteiger partial charge in [0.15, 0.2) is 0 Å². The Morgan fingerprint density at radius 2 is 1.82 bits per heavy atom. The lowest BCUT2D eigenvalue weighted by Gasteiger charge is -2.23. The number of carbonyl (C=O) groups is 1. The predicted molar refractivity (Wildman–Crippen MR) is 115 cm³/mol. The van der Waals surface area contributed by atoms with Crippen LogP contribution in [0.4, 0.5) is 5.69 Å². The van der Waals surface area contributed by atoms with Crippen molar-refractivity contribution in [1.82, 2.24) is 0 Å². The van der Waals surface area contributed by atoms with Crippen LogP contribution in [0.2, 0.25) is 0 Å². The zero-order valence-electron chi connectivity index (χ0n) is 16.1. The number of amides is 1. The van der Waals surface area contributed by atoms with Crippen LogP contribution in [0.1, 0.15) is 28.4 Å². The summed E-state index contributed by atoms with van der Waals surface area (Å²) in [5.74, 6) is 0.981. The zero-order valence-corrected chi connectivity index (χ0v) is 16.9. The van der Waals surface area contributed by atoms with E-state index in [9.17, 15) is 4.79 Å². The second-order valence-electron chi connectivity index (χ2n) is 7.02. The fourth-order valence-corrected chi connectivity index (χ4v) is 4.83. The van der Waals surface area contributed by atoms with Crippen molar-refractivity contribution in [3.8, 4) is 5.75 Å². The number of hydrogen-bond acceptors (Lipinski definition) is 3. The van der Waals surface area contributed by atoms with E-state index in [4.69, 9.17) is 4.74 Å². The number of hydrogen-bond donors (Lipinski definition) is 0. The van der Waals surface area contributed by atoms with Gasteiger partial charge in [0.2, 0.25) is 5.91 Å². The third kappa shape index (κ3) is 3.92. The number of aryl methyl sites for hydroxylation is 1. The summed E-state index contributed by atoms with van der Waals surface area (Å²) < 4.78 is 5.27. The topological polar surface area (TPSA) is 29.5 Å². The summed E-state index contributed by atoms with van der Waals surface area (Å²) in [6, 6.07) is 24.6. The molecule has 4 rings (SSSR count). The van der Waals surface area contributed by atoms with Crippen molar-refractivity contribution < 1.29 is 9.53 Å². The van der Waals surface area contributed by atoms with E-state index in [1.807, 2.05) is 41.3 Å². The largest absolute Gasteiger partial charge is 0.497 e. The minimum atomic E-state index is 0.0852. The number of rotatable bonds is 4. The Labute approximate surface area is 170 Å². The van der Waals surface area contributed by atoms with Crippen LogP contribution in [0.15, 0.2) is 77.7 Å². The molecule has 0 aliphatic carbocycles. The number of carbonyl (C=O) groups excluding carboxylic acids is 1. The van der Waals surface area contributed by atoms with E-state index in [2.05, 4.69) is 43.3 Å². The minimum absolute atomic E-state index is 0.0852. The lowest BCUT2D eigenvalue weighted by molar-refractivity contribution is -0.118. The summed E-state index contributed by atoms with van der Waals surface area (Å²) in [7, 11) is 1.67. The summed E-state index contributed by atoms with van der Waals surface area (Å²) in [6.45, 7) is 2.67. The van der Waals surface area contributed by atoms with Crippen molar-refractivity contribution in [2.45, 2.75) is 30.0 Å². The van der Waals surface area contributed by atoms with Gasteiger partial charge in [0.1, 0.15) is 5.75 Å². The number of anilines is 1. The highest BCUT2D eigenvalue weighted by molar-refractivity contribution is 7.99. The summed E-state index contributed by atoms with van der Waals surface area (Å²) >= 11 is 1.76. The van der Waals surface area contributed by atoms with Crippen molar-refractivity contribution >= 4 is 23.4 Å². The average molecular weight is 390 g/mol. The van der Waals surface area contributed by atoms with Crippen LogP contribution in [-0.4, -0.2) is 13.0 Å². The molecule has 0 bridgehead atoms. The Kier molecular flexibility index (Phi) is 5.40. The Hall–Kier alpha value is -2.72. The van der Waals surface area contributed by atoms with Gasteiger partial charge in [0.05, 0.1) is 19.3 Å². The smallest absolute Gasteiger partial charge is 0.228 e. The standard InChI is InChI=1S/C24H23NO2S/c1-17-6-5-7-18(14-17)16-25-21-8-3-4-9-22(21)28-23(15-24(25)26)19-10-12-20(27-2)13-11-19/h3-14,23H,15-16H2,1-2H3. The molecule has 28 heavy (non-hydrogen) atoms. The van der Waals surface area contributed by atoms with Gasteiger partial charge in [-0.15, -0.1) is 11.8 Å². The third-order valence-electron chi connectivity index (χ3n) is 5.00. The molecule has 4 heteroatoms. The minimum Gasteiger partial charge on any atom is -0.497 e. The van der Waals surface area contributed by atoms with Crippen LogP contribution in [0.5, 0.6) is 5.75 Å². The number of benzene rings is 3. The first kappa shape index (κ1) is 18.6. The molecule has 0 fully saturated rings. The van der Waals surface area contributed by atoms with Gasteiger partial charge in [-0.2, -0.15) is 0 Å². The summed E-state index contributed by atoms with van der Waals surface area (Å²) in [6.07, 6.45) is 0.470. The van der Waals surface area contributed by atoms with Crippen LogP contribution in [0, 0.1) is 6.92 Å². The molecule has 1 unspecified atom stereocenters. The van der Waals surface area contributed by atoms with E-state index in [1.165, 1.54) is 5.56 Å². The number of fused-ring (bicyclic) bond motifs is 1. The van der Waals surface area contributed by atoms with Gasteiger partial charge < -0.3 is 9.64 Å². The van der Waals surface area contributed by atoms with Gasteiger partial charge in [-0.3, -0.25) is 4.79 Å². The van der Waals surface area contributed by atoms with Gasteiger partial charge in [0.25, 0.3) is 0 Å². The van der Waals surface area contributed by atoms with Gasteiger partial charge in [-0.1, -0.05) is 54.1 Å². The fourth-order valence-electron chi connectivity index (χ4n) is 3.55. The average Bonchev–Trinajstić information content (AvgIpc) is 2.85. The summed E-state index contributed by atoms with van der Waals surface area (Å²) in [5.41, 5.74) is 4.50. The summed E-state index contributed by atoms with van der Waals surface area (Å²) in [5, 5.41) is 0.0852. The van der Waals surface area contributed by atoms with Gasteiger partial charge in [0, 0.05) is 16.6 Å². The van der Waals surface area contributed by atoms with Crippen LogP contribution in [0.25, 0.3) is 0 Å². The predicted octanol–water partition coefficient (Wildman–Crippen LogP) is 5.77. The van der Waals surface area contributed by atoms with Gasteiger partial charge in [-0.25, -0.2) is 0 Å². The Bertz CT molecular complexity index is 984. The normalized spacial score (nSPS) is 16.4. The molecule has 3 aromatic rings. The first-order chi connectivity index (χ1) is 13.6. The van der Waals surface area contributed by atoms with Crippen LogP contribution in [0.3, 0.4) is 0 Å². The molecular weight excluding hydrogens is 366 g/mol. The van der Waals surface area contributed by atoms with Crippen LogP contribution in [-0.2, 0) is 11.3 Å². The maximum absolute atomic E-state index is 13.3. The summed E-state index contributed by atoms with van der Waals surface area (Å²) in [4.78, 5) is 16.3. The zero-order chi connectivity index (χ0) is 19.5. The molecule has 3 aromatic carbocycles. The maximum atomic E-state index is 13.3. The second kappa shape index (κ2) is 8.11. The fraction of sp³-hybridized carbons (Fsp3) is 0.208. The van der Waals surface area contributed by atoms with E-state index in [0.29, 0.717) is 13.0 Å². The van der Waals surface area contributed by atoms with Crippen molar-refractivity contribution in [1.29, 1.82) is 0 Å². The molecule has 1 aliphatic rings. The number of thioether (sulfide) groups is 1. The quantitative estimate of drug-likeness (QED) is 0.567. The van der Waals surface area contributed by atoms with Gasteiger partial charge >= 0.3 is 0 Å². The molecular formula is C24H23NO2S. The lowest BCUT2D eigenvalue weighted by Crippen LogP contribution is -2.30. The van der Waals surface area contributed by atoms with Crippen molar-refractivity contribution in [2.75, 3.05) is 12.0 Å². The molecule has 0 spiro atoms. The molecule has 142 valence electrons. The monoisotopic (exact) mass is 389 g/mol. The number of ether oxygens (including phenoxy) is 1. The molecule has 1 atom stereocenters. The van der Waals surface area contributed by atoms with Crippen LogP contribution < -0.4 is 9.64 Å². The SMILES string of the molecule is COc1ccc(C2CC(=O)N(Cc3cccc(C)c3)c3ccccc3S2)cc1. The van der Waals surface area contributed by atoms with Gasteiger partial charge in [-0.05, 0) is 42.3 Å². The first-order valence-electron chi connectivity index (χ1n) is 9.39. The molecule has 0 radical (unpaired) electrons. The molecule has 0 N–H and O–H groups in total. The van der Waals surface area contributed by atoms with Crippen molar-refractivity contribution in [3.63, 3.8) is 0 Å². The molecule has 0 saturated carbocycles. The Morgan fingerprint density at radius 3 is 2.57 bits per heavy atom. The molecule has 0 saturated heterocycles. The molecule has 1 aliphatic heterocycles. The van der Waals surface area contributed by atoms with E-state index in [-0.39, 0.29) is 11.2 Å². The number of para-hydroxylation sites is 1. The highest BCUT2D eigenvalue weighted by atomic mass is 32.2. The van der Waals surface area contributed by atoms with E-state index >= 15 is 0 Å². The van der Waals surface area contributed by atoms with Crippen molar-refractivity contribution in [3.05, 3.63) is 89.5 Å². The first-order valence-corrected chi connectivity index (χ1v) is 10.3. The van der Waals surface area contributed by atoms with E-state index in [0.717, 1.165) is 27.5 Å². The molecule has 1 heterocycles. The third-order valence-corrected chi connectivity index (χ3v) is 6.32. The van der Waals surface area contributed by atoms with E-state index < -0.39 is 0 Å². The second-order valence-corrected chi connectivity index (χ2v) is 8.27. The maximum Gasteiger partial charge on any atom is 0.228 e. The molecule has 1 amide bonds. The molecule has 0 aromatic heterocycles. The van der Waals surface area contributed by atoms with E-state index in [1.54, 1.807) is 18.9 Å². The molecule has 3 nitrogen and oxygen atoms in total. The highest BCUT2D eigenvalue weighted by Gasteiger charge is 2.29. The Morgan fingerprint density at radius 1 is 1.04 bits per heavy atom.